The molecule has 1 aliphatic rings. The summed E-state index contributed by atoms with van der Waals surface area (Å²) in [5.41, 5.74) is 3.63. The van der Waals surface area contributed by atoms with Crippen molar-refractivity contribution in [2.45, 2.75) is 19.5 Å². The third-order valence-electron chi connectivity index (χ3n) is 4.67. The van der Waals surface area contributed by atoms with Crippen molar-refractivity contribution in [3.63, 3.8) is 0 Å². The molecule has 1 aliphatic heterocycles. The van der Waals surface area contributed by atoms with E-state index in [4.69, 9.17) is 13.9 Å². The molecule has 0 aliphatic carbocycles. The molecule has 4 rings (SSSR count). The second-order valence-corrected chi connectivity index (χ2v) is 6.16. The van der Waals surface area contributed by atoms with Crippen LogP contribution in [-0.4, -0.2) is 25.7 Å². The Hall–Kier alpha value is -2.46. The largest absolute Gasteiger partial charge is 0.493 e. The number of hydrogen-bond acceptors (Lipinski definition) is 4. The standard InChI is InChI=1S/C20H21NO3/c1-22-18-8-7-15-11-17(24-19(15)20(18)23-2)13-21-10-9-14-5-3-4-6-16(14)12-21/h3-8,11H,9-10,12-13H2,1-2H3. The van der Waals surface area contributed by atoms with Crippen molar-refractivity contribution in [2.75, 3.05) is 20.8 Å². The Labute approximate surface area is 141 Å². The first-order valence-electron chi connectivity index (χ1n) is 8.21. The van der Waals surface area contributed by atoms with Gasteiger partial charge in [-0.05, 0) is 35.7 Å². The summed E-state index contributed by atoms with van der Waals surface area (Å²) in [5, 5.41) is 1.04. The Morgan fingerprint density at radius 2 is 1.88 bits per heavy atom. The molecule has 0 radical (unpaired) electrons. The van der Waals surface area contributed by atoms with Crippen LogP contribution < -0.4 is 9.47 Å². The fraction of sp³-hybridized carbons (Fsp3) is 0.300. The smallest absolute Gasteiger partial charge is 0.204 e. The third-order valence-corrected chi connectivity index (χ3v) is 4.67. The van der Waals surface area contributed by atoms with Gasteiger partial charge in [-0.3, -0.25) is 4.90 Å². The molecule has 3 aromatic rings. The second-order valence-electron chi connectivity index (χ2n) is 6.16. The van der Waals surface area contributed by atoms with Gasteiger partial charge in [-0.15, -0.1) is 0 Å². The van der Waals surface area contributed by atoms with Gasteiger partial charge in [0.25, 0.3) is 0 Å². The number of hydrogen-bond donors (Lipinski definition) is 0. The van der Waals surface area contributed by atoms with Crippen LogP contribution in [0, 0.1) is 0 Å². The van der Waals surface area contributed by atoms with E-state index in [9.17, 15) is 0 Å². The lowest BCUT2D eigenvalue weighted by atomic mass is 10.00. The molecule has 124 valence electrons. The highest BCUT2D eigenvalue weighted by molar-refractivity contribution is 5.86. The molecule has 24 heavy (non-hydrogen) atoms. The van der Waals surface area contributed by atoms with Gasteiger partial charge >= 0.3 is 0 Å². The topological polar surface area (TPSA) is 34.8 Å². The Morgan fingerprint density at radius 1 is 1.04 bits per heavy atom. The van der Waals surface area contributed by atoms with Crippen LogP contribution in [0.25, 0.3) is 11.0 Å². The van der Waals surface area contributed by atoms with Gasteiger partial charge in [-0.2, -0.15) is 0 Å². The molecule has 0 unspecified atom stereocenters. The first-order chi connectivity index (χ1) is 11.8. The number of ether oxygens (including phenoxy) is 2. The second kappa shape index (κ2) is 6.21. The van der Waals surface area contributed by atoms with Crippen LogP contribution in [0.4, 0.5) is 0 Å². The summed E-state index contributed by atoms with van der Waals surface area (Å²) in [4.78, 5) is 2.42. The van der Waals surface area contributed by atoms with Crippen molar-refractivity contribution in [2.24, 2.45) is 0 Å². The van der Waals surface area contributed by atoms with Crippen LogP contribution in [-0.2, 0) is 19.5 Å². The summed E-state index contributed by atoms with van der Waals surface area (Å²) < 4.78 is 16.9. The summed E-state index contributed by atoms with van der Waals surface area (Å²) in [6.07, 6.45) is 1.09. The maximum atomic E-state index is 6.08. The predicted molar refractivity (Wildman–Crippen MR) is 93.6 cm³/mol. The van der Waals surface area contributed by atoms with Crippen molar-refractivity contribution < 1.29 is 13.9 Å². The predicted octanol–water partition coefficient (Wildman–Crippen LogP) is 4.01. The molecule has 0 N–H and O–H groups in total. The molecular formula is C20H21NO3. The van der Waals surface area contributed by atoms with Crippen molar-refractivity contribution in [3.8, 4) is 11.5 Å². The first-order valence-corrected chi connectivity index (χ1v) is 8.21. The van der Waals surface area contributed by atoms with E-state index in [0.29, 0.717) is 11.5 Å². The molecule has 0 atom stereocenters. The van der Waals surface area contributed by atoms with Crippen LogP contribution in [0.1, 0.15) is 16.9 Å². The minimum absolute atomic E-state index is 0.658. The van der Waals surface area contributed by atoms with Crippen LogP contribution >= 0.6 is 0 Å². The molecule has 4 nitrogen and oxygen atoms in total. The van der Waals surface area contributed by atoms with Crippen molar-refractivity contribution in [1.82, 2.24) is 4.90 Å². The van der Waals surface area contributed by atoms with E-state index < -0.39 is 0 Å². The number of nitrogens with zero attached hydrogens (tertiary/aromatic N) is 1. The van der Waals surface area contributed by atoms with Crippen LogP contribution in [0.3, 0.4) is 0 Å². The quantitative estimate of drug-likeness (QED) is 0.727. The van der Waals surface area contributed by atoms with E-state index in [1.807, 2.05) is 12.1 Å². The van der Waals surface area contributed by atoms with Crippen LogP contribution in [0.2, 0.25) is 0 Å². The number of fused-ring (bicyclic) bond motifs is 2. The van der Waals surface area contributed by atoms with Gasteiger partial charge in [0.1, 0.15) is 5.76 Å². The van der Waals surface area contributed by atoms with Gasteiger partial charge in [0, 0.05) is 18.5 Å². The highest BCUT2D eigenvalue weighted by atomic mass is 16.5. The molecule has 0 saturated heterocycles. The zero-order valence-corrected chi connectivity index (χ0v) is 14.0. The van der Waals surface area contributed by atoms with Crippen molar-refractivity contribution in [3.05, 3.63) is 59.4 Å². The molecule has 2 heterocycles. The Morgan fingerprint density at radius 3 is 2.67 bits per heavy atom. The Bertz CT molecular complexity index is 868. The van der Waals surface area contributed by atoms with E-state index in [2.05, 4.69) is 35.2 Å². The van der Waals surface area contributed by atoms with Crippen LogP contribution in [0.15, 0.2) is 46.9 Å². The van der Waals surface area contributed by atoms with E-state index >= 15 is 0 Å². The average molecular weight is 323 g/mol. The maximum absolute atomic E-state index is 6.08. The number of furan rings is 1. The molecule has 0 bridgehead atoms. The Balaban J connectivity index is 1.59. The van der Waals surface area contributed by atoms with Gasteiger partial charge < -0.3 is 13.9 Å². The highest BCUT2D eigenvalue weighted by Gasteiger charge is 2.19. The molecular weight excluding hydrogens is 302 g/mol. The summed E-state index contributed by atoms with van der Waals surface area (Å²) in [6.45, 7) is 2.82. The number of methoxy groups -OCH3 is 2. The van der Waals surface area contributed by atoms with Crippen molar-refractivity contribution in [1.29, 1.82) is 0 Å². The van der Waals surface area contributed by atoms with Crippen molar-refractivity contribution >= 4 is 11.0 Å². The monoisotopic (exact) mass is 323 g/mol. The molecule has 0 fully saturated rings. The minimum Gasteiger partial charge on any atom is -0.493 e. The van der Waals surface area contributed by atoms with E-state index in [1.54, 1.807) is 14.2 Å². The zero-order chi connectivity index (χ0) is 16.5. The molecule has 4 heteroatoms. The maximum Gasteiger partial charge on any atom is 0.204 e. The lowest BCUT2D eigenvalue weighted by molar-refractivity contribution is 0.227. The minimum atomic E-state index is 0.658. The molecule has 0 amide bonds. The lowest BCUT2D eigenvalue weighted by Gasteiger charge is -2.27. The SMILES string of the molecule is COc1ccc2cc(CN3CCc4ccccc4C3)oc2c1OC. The third kappa shape index (κ3) is 2.63. The summed E-state index contributed by atoms with van der Waals surface area (Å²) in [7, 11) is 3.28. The Kier molecular flexibility index (Phi) is 3.90. The first kappa shape index (κ1) is 15.1. The molecule has 0 saturated carbocycles. The highest BCUT2D eigenvalue weighted by Crippen LogP contribution is 2.37. The van der Waals surface area contributed by atoms with E-state index in [-0.39, 0.29) is 0 Å². The van der Waals surface area contributed by atoms with Gasteiger partial charge in [-0.1, -0.05) is 24.3 Å². The number of benzene rings is 2. The van der Waals surface area contributed by atoms with Crippen LogP contribution in [0.5, 0.6) is 11.5 Å². The van der Waals surface area contributed by atoms with Gasteiger partial charge in [0.05, 0.1) is 20.8 Å². The summed E-state index contributed by atoms with van der Waals surface area (Å²) in [5.74, 6) is 2.30. The summed E-state index contributed by atoms with van der Waals surface area (Å²) in [6, 6.07) is 14.7. The van der Waals surface area contributed by atoms with E-state index in [0.717, 1.165) is 42.8 Å². The summed E-state index contributed by atoms with van der Waals surface area (Å²) >= 11 is 0. The van der Waals surface area contributed by atoms with E-state index in [1.165, 1.54) is 11.1 Å². The molecule has 0 spiro atoms. The lowest BCUT2D eigenvalue weighted by Crippen LogP contribution is -2.29. The number of rotatable bonds is 4. The fourth-order valence-electron chi connectivity index (χ4n) is 3.45. The fourth-order valence-corrected chi connectivity index (χ4v) is 3.45. The normalized spacial score (nSPS) is 14.6. The van der Waals surface area contributed by atoms with Gasteiger partial charge in [0.15, 0.2) is 11.3 Å². The molecule has 2 aromatic carbocycles. The zero-order valence-electron chi connectivity index (χ0n) is 14.0. The van der Waals surface area contributed by atoms with Gasteiger partial charge in [-0.25, -0.2) is 0 Å². The van der Waals surface area contributed by atoms with Gasteiger partial charge in [0.2, 0.25) is 5.75 Å². The molecule has 1 aromatic heterocycles. The average Bonchev–Trinajstić information content (AvgIpc) is 3.03.